The number of aromatic nitrogens is 6. The fourth-order valence-corrected chi connectivity index (χ4v) is 4.56. The monoisotopic (exact) mass is 515 g/mol. The first-order valence-electron chi connectivity index (χ1n) is 9.93. The van der Waals surface area contributed by atoms with Crippen molar-refractivity contribution in [2.24, 2.45) is 0 Å². The minimum atomic E-state index is -4.23. The molecular weight excluding hydrogens is 496 g/mol. The van der Waals surface area contributed by atoms with Gasteiger partial charge < -0.3 is 9.47 Å². The number of rotatable bonds is 9. The van der Waals surface area contributed by atoms with E-state index >= 15 is 0 Å². The summed E-state index contributed by atoms with van der Waals surface area (Å²) in [5.74, 6) is -3.14. The van der Waals surface area contributed by atoms with E-state index in [0.717, 1.165) is 4.57 Å². The predicted octanol–water partition coefficient (Wildman–Crippen LogP) is 2.89. The Morgan fingerprint density at radius 1 is 1.24 bits per heavy atom. The molecule has 0 saturated heterocycles. The Morgan fingerprint density at radius 2 is 1.91 bits per heavy atom. The lowest BCUT2D eigenvalue weighted by Crippen LogP contribution is -2.33. The second kappa shape index (κ2) is 9.00. The average molecular weight is 516 g/mol. The fourth-order valence-electron chi connectivity index (χ4n) is 3.32. The predicted molar refractivity (Wildman–Crippen MR) is 117 cm³/mol. The maximum Gasteiger partial charge on any atom is 0.271 e. The summed E-state index contributed by atoms with van der Waals surface area (Å²) in [4.78, 5) is 12.2. The third-order valence-corrected chi connectivity index (χ3v) is 7.15. The van der Waals surface area contributed by atoms with Crippen molar-refractivity contribution >= 4 is 27.6 Å². The quantitative estimate of drug-likeness (QED) is 0.456. The topological polar surface area (TPSA) is 134 Å². The maximum atomic E-state index is 14.1. The molecule has 0 amide bonds. The molecule has 15 heteroatoms. The van der Waals surface area contributed by atoms with Crippen LogP contribution in [0, 0.1) is 0 Å². The molecule has 3 aromatic heterocycles. The third-order valence-electron chi connectivity index (χ3n) is 5.26. The Bertz CT molecular complexity index is 1290. The van der Waals surface area contributed by atoms with Crippen LogP contribution in [-0.2, 0) is 14.8 Å². The number of halogens is 3. The van der Waals surface area contributed by atoms with E-state index in [1.54, 1.807) is 12.1 Å². The Labute approximate surface area is 198 Å². The van der Waals surface area contributed by atoms with Crippen LogP contribution in [-0.4, -0.2) is 63.5 Å². The van der Waals surface area contributed by atoms with Crippen molar-refractivity contribution in [3.05, 3.63) is 41.4 Å². The summed E-state index contributed by atoms with van der Waals surface area (Å²) in [5.41, 5.74) is 0.192. The van der Waals surface area contributed by atoms with E-state index in [0.29, 0.717) is 0 Å². The highest BCUT2D eigenvalue weighted by Crippen LogP contribution is 2.54. The van der Waals surface area contributed by atoms with Crippen molar-refractivity contribution in [2.45, 2.75) is 36.7 Å². The Balaban J connectivity index is 1.69. The SMILES string of the molecule is COc1cccc(-c2nnc(NS(=O)(=O)C(C)C(OC)c3ncc(Cl)cn3)n2[C@@H]2CC2(F)F)n1. The van der Waals surface area contributed by atoms with Gasteiger partial charge in [0.15, 0.2) is 11.6 Å². The van der Waals surface area contributed by atoms with Gasteiger partial charge in [-0.1, -0.05) is 17.7 Å². The minimum Gasteiger partial charge on any atom is -0.481 e. The molecule has 2 unspecified atom stereocenters. The van der Waals surface area contributed by atoms with Crippen LogP contribution in [0.4, 0.5) is 14.7 Å². The first-order chi connectivity index (χ1) is 16.1. The van der Waals surface area contributed by atoms with Gasteiger partial charge in [0.05, 0.1) is 12.1 Å². The molecule has 0 aliphatic heterocycles. The Hall–Kier alpha value is -2.97. The third kappa shape index (κ3) is 4.65. The number of nitrogens with one attached hydrogen (secondary N) is 1. The number of nitrogens with zero attached hydrogens (tertiary/aromatic N) is 6. The van der Waals surface area contributed by atoms with Crippen molar-refractivity contribution in [1.82, 2.24) is 29.7 Å². The molecule has 34 heavy (non-hydrogen) atoms. The zero-order valence-electron chi connectivity index (χ0n) is 18.2. The number of anilines is 1. The molecule has 0 aromatic carbocycles. The van der Waals surface area contributed by atoms with Crippen molar-refractivity contribution in [3.8, 4) is 17.4 Å². The van der Waals surface area contributed by atoms with E-state index in [1.165, 1.54) is 39.6 Å². The number of methoxy groups -OCH3 is 2. The van der Waals surface area contributed by atoms with Gasteiger partial charge in [0.25, 0.3) is 5.92 Å². The summed E-state index contributed by atoms with van der Waals surface area (Å²) in [7, 11) is -1.53. The summed E-state index contributed by atoms with van der Waals surface area (Å²) in [6, 6.07) is 3.37. The highest BCUT2D eigenvalue weighted by atomic mass is 35.5. The van der Waals surface area contributed by atoms with Crippen LogP contribution < -0.4 is 9.46 Å². The highest BCUT2D eigenvalue weighted by Gasteiger charge is 2.60. The number of hydrogen-bond acceptors (Lipinski definition) is 9. The second-order valence-corrected chi connectivity index (χ2v) is 10.0. The first kappa shape index (κ1) is 24.2. The first-order valence-corrected chi connectivity index (χ1v) is 11.9. The van der Waals surface area contributed by atoms with Crippen molar-refractivity contribution in [1.29, 1.82) is 0 Å². The minimum absolute atomic E-state index is 0.0317. The van der Waals surface area contributed by atoms with Gasteiger partial charge in [0.1, 0.15) is 23.1 Å². The standard InChI is InChI=1S/C19H20ClF2N7O4S/c1-10(15(33-3)16-23-8-11(20)9-24-16)34(30,31)28-18-27-26-17(29(18)13-7-19(13,21)22)12-5-4-6-14(25-12)32-2/h4-6,8-10,13,15H,7H2,1-3H3,(H,27,28)/t10?,13-,15?/m1/s1. The molecule has 0 spiro atoms. The molecule has 1 saturated carbocycles. The van der Waals surface area contributed by atoms with Crippen molar-refractivity contribution in [3.63, 3.8) is 0 Å². The molecule has 1 fully saturated rings. The van der Waals surface area contributed by atoms with Crippen molar-refractivity contribution in [2.75, 3.05) is 18.9 Å². The van der Waals surface area contributed by atoms with Gasteiger partial charge in [-0.2, -0.15) is 0 Å². The number of sulfonamides is 1. The lowest BCUT2D eigenvalue weighted by molar-refractivity contribution is 0.0949. The summed E-state index contributed by atoms with van der Waals surface area (Å²) in [6.07, 6.45) is 1.04. The zero-order valence-corrected chi connectivity index (χ0v) is 19.8. The van der Waals surface area contributed by atoms with Crippen LogP contribution in [0.2, 0.25) is 5.02 Å². The number of alkyl halides is 2. The van der Waals surface area contributed by atoms with E-state index in [-0.39, 0.29) is 34.2 Å². The van der Waals surface area contributed by atoms with Gasteiger partial charge in [0, 0.05) is 32.0 Å². The van der Waals surface area contributed by atoms with Gasteiger partial charge >= 0.3 is 0 Å². The average Bonchev–Trinajstić information content (AvgIpc) is 3.24. The van der Waals surface area contributed by atoms with E-state index in [4.69, 9.17) is 21.1 Å². The molecule has 11 nitrogen and oxygen atoms in total. The lowest BCUT2D eigenvalue weighted by Gasteiger charge is -2.22. The molecule has 3 atom stereocenters. The molecule has 1 aliphatic carbocycles. The molecule has 1 N–H and O–H groups in total. The van der Waals surface area contributed by atoms with Crippen LogP contribution in [0.1, 0.15) is 31.3 Å². The molecular formula is C19H20ClF2N7O4S. The summed E-state index contributed by atoms with van der Waals surface area (Å²) in [6.45, 7) is 1.37. The summed E-state index contributed by atoms with van der Waals surface area (Å²) < 4.78 is 68.2. The molecule has 3 heterocycles. The van der Waals surface area contributed by atoms with E-state index in [1.807, 2.05) is 0 Å². The molecule has 3 aromatic rings. The smallest absolute Gasteiger partial charge is 0.271 e. The van der Waals surface area contributed by atoms with Gasteiger partial charge in [0.2, 0.25) is 21.9 Å². The van der Waals surface area contributed by atoms with E-state index in [9.17, 15) is 17.2 Å². The summed E-state index contributed by atoms with van der Waals surface area (Å²) >= 11 is 5.80. The second-order valence-electron chi connectivity index (χ2n) is 7.53. The molecule has 0 bridgehead atoms. The zero-order chi connectivity index (χ0) is 24.7. The number of pyridine rings is 1. The van der Waals surface area contributed by atoms with Crippen LogP contribution in [0.25, 0.3) is 11.5 Å². The van der Waals surface area contributed by atoms with Crippen molar-refractivity contribution < 1.29 is 26.7 Å². The molecule has 4 rings (SSSR count). The normalized spacial score (nSPS) is 18.8. The van der Waals surface area contributed by atoms with Crippen LogP contribution in [0.5, 0.6) is 5.88 Å². The van der Waals surface area contributed by atoms with Crippen LogP contribution in [0.3, 0.4) is 0 Å². The Kier molecular flexibility index (Phi) is 6.40. The van der Waals surface area contributed by atoms with Gasteiger partial charge in [-0.05, 0) is 13.0 Å². The maximum absolute atomic E-state index is 14.1. The number of ether oxygens (including phenoxy) is 2. The van der Waals surface area contributed by atoms with Crippen LogP contribution >= 0.6 is 11.6 Å². The Morgan fingerprint density at radius 3 is 2.50 bits per heavy atom. The molecule has 1 aliphatic rings. The fraction of sp³-hybridized carbons (Fsp3) is 0.421. The molecule has 182 valence electrons. The van der Waals surface area contributed by atoms with E-state index < -0.39 is 39.8 Å². The van der Waals surface area contributed by atoms with Gasteiger partial charge in [-0.15, -0.1) is 10.2 Å². The summed E-state index contributed by atoms with van der Waals surface area (Å²) in [5, 5.41) is 6.79. The molecule has 0 radical (unpaired) electrons. The van der Waals surface area contributed by atoms with Gasteiger partial charge in [-0.3, -0.25) is 9.29 Å². The largest absolute Gasteiger partial charge is 0.481 e. The van der Waals surface area contributed by atoms with E-state index in [2.05, 4.69) is 29.9 Å². The van der Waals surface area contributed by atoms with Crippen LogP contribution in [0.15, 0.2) is 30.6 Å². The van der Waals surface area contributed by atoms with Gasteiger partial charge in [-0.25, -0.2) is 32.2 Å². The lowest BCUT2D eigenvalue weighted by atomic mass is 10.2. The highest BCUT2D eigenvalue weighted by molar-refractivity contribution is 7.93. The number of hydrogen-bond donors (Lipinski definition) is 1.